The summed E-state index contributed by atoms with van der Waals surface area (Å²) in [6.45, 7) is 1.57. The average molecular weight is 448 g/mol. The minimum atomic E-state index is -4.46. The molecule has 1 heterocycles. The van der Waals surface area contributed by atoms with Gasteiger partial charge in [0.05, 0.1) is 23.7 Å². The molecule has 9 heteroatoms. The van der Waals surface area contributed by atoms with E-state index in [1.54, 1.807) is 29.2 Å². The van der Waals surface area contributed by atoms with Crippen molar-refractivity contribution in [2.75, 3.05) is 44.8 Å². The number of nitrogens with two attached hydrogens (primary N) is 2. The molecule has 32 heavy (non-hydrogen) atoms. The van der Waals surface area contributed by atoms with E-state index < -0.39 is 17.8 Å². The van der Waals surface area contributed by atoms with Crippen molar-refractivity contribution in [1.82, 2.24) is 9.80 Å². The molecule has 1 amide bonds. The van der Waals surface area contributed by atoms with E-state index in [2.05, 4.69) is 5.32 Å². The number of nitrogens with zero attached hydrogens (tertiary/aromatic N) is 2. The van der Waals surface area contributed by atoms with Crippen molar-refractivity contribution in [3.8, 4) is 0 Å². The van der Waals surface area contributed by atoms with Crippen molar-refractivity contribution in [3.05, 3.63) is 70.9 Å². The Morgan fingerprint density at radius 1 is 1.16 bits per heavy atom. The van der Waals surface area contributed by atoms with Crippen LogP contribution in [0.2, 0.25) is 0 Å². The zero-order valence-corrected chi connectivity index (χ0v) is 18.1. The molecular weight excluding hydrogens is 419 g/mol. The van der Waals surface area contributed by atoms with Crippen LogP contribution in [-0.4, -0.2) is 49.4 Å². The summed E-state index contributed by atoms with van der Waals surface area (Å²) in [5.41, 5.74) is 13.8. The first-order valence-corrected chi connectivity index (χ1v) is 10.3. The molecule has 0 saturated heterocycles. The predicted molar refractivity (Wildman–Crippen MR) is 120 cm³/mol. The summed E-state index contributed by atoms with van der Waals surface area (Å²) in [5, 5.41) is 3.03. The minimum Gasteiger partial charge on any atom is -0.399 e. The predicted octanol–water partition coefficient (Wildman–Crippen LogP) is 3.45. The third kappa shape index (κ3) is 5.60. The molecule has 1 atom stereocenters. The first kappa shape index (κ1) is 23.6. The molecular formula is C23H28F3N5O. The van der Waals surface area contributed by atoms with E-state index in [9.17, 15) is 18.0 Å². The number of carbonyl (C=O) groups excluding carboxylic acids is 1. The molecule has 5 N–H and O–H groups in total. The second-order valence-corrected chi connectivity index (χ2v) is 8.12. The molecule has 6 nitrogen and oxygen atoms in total. The largest absolute Gasteiger partial charge is 0.416 e. The van der Waals surface area contributed by atoms with Gasteiger partial charge < -0.3 is 26.6 Å². The van der Waals surface area contributed by atoms with Gasteiger partial charge in [-0.2, -0.15) is 13.2 Å². The fourth-order valence-electron chi connectivity index (χ4n) is 3.65. The van der Waals surface area contributed by atoms with Gasteiger partial charge in [0, 0.05) is 23.6 Å². The molecule has 1 aliphatic heterocycles. The second-order valence-electron chi connectivity index (χ2n) is 8.12. The van der Waals surface area contributed by atoms with Crippen LogP contribution in [0.5, 0.6) is 0 Å². The number of amides is 1. The summed E-state index contributed by atoms with van der Waals surface area (Å²) in [4.78, 5) is 16.9. The summed E-state index contributed by atoms with van der Waals surface area (Å²) in [5.74, 6) is -0.220. The smallest absolute Gasteiger partial charge is 0.399 e. The van der Waals surface area contributed by atoms with E-state index >= 15 is 0 Å². The van der Waals surface area contributed by atoms with Crippen LogP contribution in [0.15, 0.2) is 59.8 Å². The lowest BCUT2D eigenvalue weighted by molar-refractivity contribution is -0.137. The lowest BCUT2D eigenvalue weighted by Gasteiger charge is -2.19. The Balaban J connectivity index is 1.91. The second kappa shape index (κ2) is 9.62. The highest BCUT2D eigenvalue weighted by Gasteiger charge is 2.35. The summed E-state index contributed by atoms with van der Waals surface area (Å²) in [6.07, 6.45) is -3.70. The average Bonchev–Trinajstić information content (AvgIpc) is 3.02. The normalized spacial score (nSPS) is 15.6. The number of hydrogen-bond donors (Lipinski definition) is 3. The van der Waals surface area contributed by atoms with Crippen LogP contribution < -0.4 is 16.8 Å². The first-order chi connectivity index (χ1) is 15.1. The molecule has 172 valence electrons. The van der Waals surface area contributed by atoms with Crippen molar-refractivity contribution in [1.29, 1.82) is 0 Å². The van der Waals surface area contributed by atoms with E-state index in [0.717, 1.165) is 25.1 Å². The maximum absolute atomic E-state index is 13.2. The van der Waals surface area contributed by atoms with Crippen molar-refractivity contribution < 1.29 is 18.0 Å². The zero-order chi connectivity index (χ0) is 23.5. The lowest BCUT2D eigenvalue weighted by atomic mass is 9.98. The van der Waals surface area contributed by atoms with E-state index in [1.165, 1.54) is 12.1 Å². The van der Waals surface area contributed by atoms with Gasteiger partial charge in [0.2, 0.25) is 0 Å². The highest BCUT2D eigenvalue weighted by atomic mass is 19.4. The van der Waals surface area contributed by atoms with Gasteiger partial charge in [-0.3, -0.25) is 4.79 Å². The van der Waals surface area contributed by atoms with Gasteiger partial charge in [0.1, 0.15) is 0 Å². The maximum atomic E-state index is 13.2. The SMILES string of the molecule is CN(C)CCCN1CC(Nc2cccc(C(F)(F)F)c2)=C([C@H](N)c2ccc(N)cc2)C1=O. The van der Waals surface area contributed by atoms with Crippen LogP contribution in [0.3, 0.4) is 0 Å². The number of rotatable bonds is 8. The van der Waals surface area contributed by atoms with Crippen LogP contribution in [0.4, 0.5) is 24.5 Å². The molecule has 2 aromatic carbocycles. The molecule has 3 rings (SSSR count). The van der Waals surface area contributed by atoms with E-state index in [-0.39, 0.29) is 18.1 Å². The Morgan fingerprint density at radius 2 is 1.84 bits per heavy atom. The number of carbonyl (C=O) groups is 1. The van der Waals surface area contributed by atoms with E-state index in [1.807, 2.05) is 19.0 Å². The molecule has 0 aromatic heterocycles. The monoisotopic (exact) mass is 447 g/mol. The lowest BCUT2D eigenvalue weighted by Crippen LogP contribution is -2.32. The topological polar surface area (TPSA) is 87.6 Å². The van der Waals surface area contributed by atoms with Crippen LogP contribution >= 0.6 is 0 Å². The van der Waals surface area contributed by atoms with Crippen LogP contribution in [0.25, 0.3) is 0 Å². The van der Waals surface area contributed by atoms with Crippen molar-refractivity contribution in [3.63, 3.8) is 0 Å². The number of anilines is 2. The number of nitrogens with one attached hydrogen (secondary N) is 1. The van der Waals surface area contributed by atoms with Crippen molar-refractivity contribution >= 4 is 17.3 Å². The third-order valence-electron chi connectivity index (χ3n) is 5.32. The van der Waals surface area contributed by atoms with E-state index in [4.69, 9.17) is 11.5 Å². The fourth-order valence-corrected chi connectivity index (χ4v) is 3.65. The molecule has 0 unspecified atom stereocenters. The molecule has 0 bridgehead atoms. The molecule has 0 spiro atoms. The highest BCUT2D eigenvalue weighted by Crippen LogP contribution is 2.33. The maximum Gasteiger partial charge on any atom is 0.416 e. The van der Waals surface area contributed by atoms with Gasteiger partial charge in [0.25, 0.3) is 5.91 Å². The third-order valence-corrected chi connectivity index (χ3v) is 5.32. The number of halogens is 3. The first-order valence-electron chi connectivity index (χ1n) is 10.3. The minimum absolute atomic E-state index is 0.220. The molecule has 0 saturated carbocycles. The number of alkyl halides is 3. The van der Waals surface area contributed by atoms with Gasteiger partial charge >= 0.3 is 6.18 Å². The Bertz CT molecular complexity index is 986. The Hall–Kier alpha value is -3.04. The number of hydrogen-bond acceptors (Lipinski definition) is 5. The number of benzene rings is 2. The molecule has 0 fully saturated rings. The highest BCUT2D eigenvalue weighted by molar-refractivity contribution is 5.99. The van der Waals surface area contributed by atoms with Gasteiger partial charge in [-0.25, -0.2) is 0 Å². The summed E-state index contributed by atoms with van der Waals surface area (Å²) in [7, 11) is 3.90. The van der Waals surface area contributed by atoms with Gasteiger partial charge in [-0.1, -0.05) is 18.2 Å². The van der Waals surface area contributed by atoms with Crippen LogP contribution in [-0.2, 0) is 11.0 Å². The number of nitrogen functional groups attached to an aromatic ring is 1. The fraction of sp³-hybridized carbons (Fsp3) is 0.348. The quantitative estimate of drug-likeness (QED) is 0.540. The molecule has 0 aliphatic carbocycles. The van der Waals surface area contributed by atoms with Crippen molar-refractivity contribution in [2.24, 2.45) is 5.73 Å². The Morgan fingerprint density at radius 3 is 2.47 bits per heavy atom. The summed E-state index contributed by atoms with van der Waals surface area (Å²) in [6, 6.07) is 11.0. The molecule has 0 radical (unpaired) electrons. The molecule has 1 aliphatic rings. The molecule has 2 aromatic rings. The summed E-state index contributed by atoms with van der Waals surface area (Å²) < 4.78 is 39.4. The zero-order valence-electron chi connectivity index (χ0n) is 18.1. The van der Waals surface area contributed by atoms with Crippen LogP contribution in [0, 0.1) is 0 Å². The van der Waals surface area contributed by atoms with Crippen molar-refractivity contribution in [2.45, 2.75) is 18.6 Å². The van der Waals surface area contributed by atoms with Crippen LogP contribution in [0.1, 0.15) is 23.6 Å². The Labute approximate surface area is 185 Å². The Kier molecular flexibility index (Phi) is 7.10. The standard InChI is InChI=1S/C23H28F3N5O/c1-30(2)11-4-12-31-14-19(29-18-6-3-5-16(13-18)23(24,25)26)20(22(31)32)21(28)15-7-9-17(27)10-8-15/h3,5-10,13,21,29H,4,11-12,14,27-28H2,1-2H3/t21-/m1/s1. The van der Waals surface area contributed by atoms with Gasteiger partial charge in [0.15, 0.2) is 0 Å². The van der Waals surface area contributed by atoms with Gasteiger partial charge in [-0.05, 0) is 63.0 Å². The van der Waals surface area contributed by atoms with Gasteiger partial charge in [-0.15, -0.1) is 0 Å². The summed E-state index contributed by atoms with van der Waals surface area (Å²) >= 11 is 0. The van der Waals surface area contributed by atoms with E-state index in [0.29, 0.717) is 29.1 Å².